The lowest BCUT2D eigenvalue weighted by atomic mass is 10.1. The maximum Gasteiger partial charge on any atom is 0.327 e. The number of H-pyrrole nitrogens is 2. The van der Waals surface area contributed by atoms with Crippen LogP contribution in [0.4, 0.5) is 5.82 Å². The highest BCUT2D eigenvalue weighted by Crippen LogP contribution is 2.10. The summed E-state index contributed by atoms with van der Waals surface area (Å²) < 4.78 is 0. The first-order chi connectivity index (χ1) is 8.94. The van der Waals surface area contributed by atoms with Crippen molar-refractivity contribution in [1.82, 2.24) is 9.97 Å². The Hall–Kier alpha value is -2.63. The summed E-state index contributed by atoms with van der Waals surface area (Å²) in [5.74, 6) is -0.314. The third-order valence-corrected chi connectivity index (χ3v) is 2.49. The van der Waals surface area contributed by atoms with Crippen molar-refractivity contribution in [1.29, 1.82) is 0 Å². The van der Waals surface area contributed by atoms with E-state index in [1.807, 2.05) is 24.9 Å². The van der Waals surface area contributed by atoms with Gasteiger partial charge in [-0.15, -0.1) is 0 Å². The smallest absolute Gasteiger partial charge is 0.308 e. The number of nitrogens with one attached hydrogen (secondary N) is 3. The number of anilines is 1. The summed E-state index contributed by atoms with van der Waals surface area (Å²) in [5, 5.41) is 2.48. The molecule has 2 rings (SSSR count). The van der Waals surface area contributed by atoms with Crippen molar-refractivity contribution in [3.63, 3.8) is 0 Å². The molecule has 0 aliphatic rings. The average molecular weight is 259 g/mol. The van der Waals surface area contributed by atoms with E-state index in [1.165, 1.54) is 0 Å². The molecule has 19 heavy (non-hydrogen) atoms. The minimum atomic E-state index is -0.664. The summed E-state index contributed by atoms with van der Waals surface area (Å²) in [6.07, 6.45) is 0. The number of hydrogen-bond donors (Lipinski definition) is 3. The van der Waals surface area contributed by atoms with Crippen molar-refractivity contribution in [3.8, 4) is 0 Å². The van der Waals surface area contributed by atoms with Gasteiger partial charge in [-0.2, -0.15) is 0 Å². The van der Waals surface area contributed by atoms with Gasteiger partial charge in [-0.25, -0.2) is 4.79 Å². The van der Waals surface area contributed by atoms with Crippen LogP contribution in [-0.2, 0) is 0 Å². The van der Waals surface area contributed by atoms with Crippen LogP contribution in [0.5, 0.6) is 0 Å². The lowest BCUT2D eigenvalue weighted by Crippen LogP contribution is -2.24. The number of carbonyl (C=O) groups is 1. The van der Waals surface area contributed by atoms with Crippen molar-refractivity contribution >= 4 is 11.7 Å². The summed E-state index contributed by atoms with van der Waals surface area (Å²) in [5.41, 5.74) is 1.16. The Bertz CT molecular complexity index is 695. The summed E-state index contributed by atoms with van der Waals surface area (Å²) in [4.78, 5) is 38.5. The van der Waals surface area contributed by atoms with E-state index in [1.54, 1.807) is 12.1 Å². The molecule has 1 aromatic heterocycles. The second-order valence-corrected chi connectivity index (χ2v) is 4.33. The molecule has 0 radical (unpaired) electrons. The van der Waals surface area contributed by atoms with Gasteiger partial charge in [-0.1, -0.05) is 17.2 Å². The third-order valence-electron chi connectivity index (χ3n) is 2.49. The maximum absolute atomic E-state index is 12.0. The molecule has 0 fully saturated rings. The van der Waals surface area contributed by atoms with Crippen LogP contribution in [0.2, 0.25) is 0 Å². The lowest BCUT2D eigenvalue weighted by molar-refractivity contribution is 0.102. The number of aromatic amines is 2. The van der Waals surface area contributed by atoms with Crippen LogP contribution in [0.15, 0.2) is 33.9 Å². The first-order valence-corrected chi connectivity index (χ1v) is 5.67. The molecule has 1 aromatic carbocycles. The highest BCUT2D eigenvalue weighted by Gasteiger charge is 2.08. The van der Waals surface area contributed by atoms with E-state index in [2.05, 4.69) is 10.3 Å². The fourth-order valence-electron chi connectivity index (χ4n) is 1.84. The lowest BCUT2D eigenvalue weighted by Gasteiger charge is -2.06. The van der Waals surface area contributed by atoms with Gasteiger partial charge in [-0.05, 0) is 26.0 Å². The summed E-state index contributed by atoms with van der Waals surface area (Å²) >= 11 is 0. The number of carbonyl (C=O) groups excluding carboxylic acids is 1. The van der Waals surface area contributed by atoms with E-state index in [0.29, 0.717) is 5.56 Å². The first kappa shape index (κ1) is 12.8. The zero-order valence-electron chi connectivity index (χ0n) is 10.5. The monoisotopic (exact) mass is 259 g/mol. The van der Waals surface area contributed by atoms with Crippen molar-refractivity contribution < 1.29 is 4.79 Å². The highest BCUT2D eigenvalue weighted by atomic mass is 16.2. The van der Waals surface area contributed by atoms with Gasteiger partial charge in [0.1, 0.15) is 5.82 Å². The van der Waals surface area contributed by atoms with E-state index < -0.39 is 11.2 Å². The van der Waals surface area contributed by atoms with Crippen LogP contribution < -0.4 is 16.6 Å². The molecule has 0 atom stereocenters. The van der Waals surface area contributed by atoms with Crippen LogP contribution in [0.25, 0.3) is 0 Å². The van der Waals surface area contributed by atoms with E-state index in [0.717, 1.165) is 17.2 Å². The molecule has 1 heterocycles. The SMILES string of the molecule is Cc1cc(C)cc(C(=O)Nc2cc(=O)[nH]c(=O)[nH]2)c1. The minimum absolute atomic E-state index is 0.0675. The largest absolute Gasteiger partial charge is 0.327 e. The summed E-state index contributed by atoms with van der Waals surface area (Å²) in [6.45, 7) is 3.78. The van der Waals surface area contributed by atoms with Crippen molar-refractivity contribution in [3.05, 3.63) is 61.8 Å². The van der Waals surface area contributed by atoms with Crippen LogP contribution in [-0.4, -0.2) is 15.9 Å². The van der Waals surface area contributed by atoms with Crippen molar-refractivity contribution in [2.45, 2.75) is 13.8 Å². The average Bonchev–Trinajstić information content (AvgIpc) is 2.25. The fourth-order valence-corrected chi connectivity index (χ4v) is 1.84. The van der Waals surface area contributed by atoms with E-state index in [9.17, 15) is 14.4 Å². The Morgan fingerprint density at radius 1 is 1.00 bits per heavy atom. The molecular formula is C13H13N3O3. The molecule has 0 unspecified atom stereocenters. The molecule has 0 bridgehead atoms. The zero-order valence-corrected chi connectivity index (χ0v) is 10.5. The quantitative estimate of drug-likeness (QED) is 0.748. The Morgan fingerprint density at radius 2 is 1.63 bits per heavy atom. The predicted molar refractivity (Wildman–Crippen MR) is 71.6 cm³/mol. The fraction of sp³-hybridized carbons (Fsp3) is 0.154. The number of amides is 1. The van der Waals surface area contributed by atoms with Gasteiger partial charge in [0.05, 0.1) is 0 Å². The van der Waals surface area contributed by atoms with Gasteiger partial charge in [-0.3, -0.25) is 19.6 Å². The summed E-state index contributed by atoms with van der Waals surface area (Å²) in [6, 6.07) is 6.52. The van der Waals surface area contributed by atoms with E-state index >= 15 is 0 Å². The number of hydrogen-bond acceptors (Lipinski definition) is 3. The molecule has 2 aromatic rings. The number of aromatic nitrogens is 2. The topological polar surface area (TPSA) is 94.8 Å². The second kappa shape index (κ2) is 4.93. The van der Waals surface area contributed by atoms with Gasteiger partial charge in [0.25, 0.3) is 11.5 Å². The molecular weight excluding hydrogens is 246 g/mol. The summed E-state index contributed by atoms with van der Waals surface area (Å²) in [7, 11) is 0. The molecule has 6 heteroatoms. The van der Waals surface area contributed by atoms with Gasteiger partial charge in [0.15, 0.2) is 0 Å². The Labute approximate surface area is 108 Å². The standard InChI is InChI=1S/C13H13N3O3/c1-7-3-8(2)5-9(4-7)12(18)14-10-6-11(17)16-13(19)15-10/h3-6H,1-2H3,(H3,14,15,16,17,18,19). The molecule has 6 nitrogen and oxygen atoms in total. The molecule has 0 aliphatic carbocycles. The number of benzene rings is 1. The maximum atomic E-state index is 12.0. The third kappa shape index (κ3) is 3.19. The normalized spacial score (nSPS) is 10.2. The van der Waals surface area contributed by atoms with Gasteiger partial charge < -0.3 is 5.32 Å². The molecule has 0 saturated heterocycles. The predicted octanol–water partition coefficient (Wildman–Crippen LogP) is 0.932. The van der Waals surface area contributed by atoms with Crippen molar-refractivity contribution in [2.75, 3.05) is 5.32 Å². The molecule has 0 spiro atoms. The molecule has 98 valence electrons. The van der Waals surface area contributed by atoms with Crippen molar-refractivity contribution in [2.24, 2.45) is 0 Å². The molecule has 1 amide bonds. The first-order valence-electron chi connectivity index (χ1n) is 5.67. The zero-order chi connectivity index (χ0) is 14.0. The van der Waals surface area contributed by atoms with Gasteiger partial charge >= 0.3 is 5.69 Å². The Morgan fingerprint density at radius 3 is 2.21 bits per heavy atom. The van der Waals surface area contributed by atoms with Gasteiger partial charge in [0, 0.05) is 11.6 Å². The Kier molecular flexibility index (Phi) is 3.33. The molecule has 3 N–H and O–H groups in total. The van der Waals surface area contributed by atoms with Crippen LogP contribution in [0.3, 0.4) is 0 Å². The molecule has 0 aliphatic heterocycles. The molecule has 0 saturated carbocycles. The van der Waals surface area contributed by atoms with Gasteiger partial charge in [0.2, 0.25) is 0 Å². The van der Waals surface area contributed by atoms with E-state index in [4.69, 9.17) is 0 Å². The van der Waals surface area contributed by atoms with Crippen LogP contribution in [0, 0.1) is 13.8 Å². The number of aryl methyl sites for hydroxylation is 2. The second-order valence-electron chi connectivity index (χ2n) is 4.33. The Balaban J connectivity index is 2.30. The minimum Gasteiger partial charge on any atom is -0.308 e. The van der Waals surface area contributed by atoms with Crippen LogP contribution in [0.1, 0.15) is 21.5 Å². The van der Waals surface area contributed by atoms with Crippen LogP contribution >= 0.6 is 0 Å². The number of rotatable bonds is 2. The highest BCUT2D eigenvalue weighted by molar-refractivity contribution is 6.03. The van der Waals surface area contributed by atoms with E-state index in [-0.39, 0.29) is 11.7 Å².